The second-order valence-corrected chi connectivity index (χ2v) is 5.19. The Balaban J connectivity index is 1.90. The predicted molar refractivity (Wildman–Crippen MR) is 85.8 cm³/mol. The molecule has 0 saturated carbocycles. The van der Waals surface area contributed by atoms with E-state index >= 15 is 0 Å². The largest absolute Gasteiger partial charge is 0.364 e. The molecule has 3 rings (SSSR count). The fourth-order valence-electron chi connectivity index (χ4n) is 2.47. The van der Waals surface area contributed by atoms with E-state index in [2.05, 4.69) is 5.32 Å². The lowest BCUT2D eigenvalue weighted by molar-refractivity contribution is 0.0991. The summed E-state index contributed by atoms with van der Waals surface area (Å²) in [4.78, 5) is 23.5. The molecule has 0 aliphatic carbocycles. The smallest absolute Gasteiger partial charge is 0.265 e. The highest BCUT2D eigenvalue weighted by molar-refractivity contribution is 6.05. The summed E-state index contributed by atoms with van der Waals surface area (Å²) in [6, 6.07) is 12.2. The number of halogens is 1. The van der Waals surface area contributed by atoms with Gasteiger partial charge in [-0.25, -0.2) is 4.39 Å². The fraction of sp³-hybridized carbons (Fsp3) is 0.0588. The van der Waals surface area contributed by atoms with Gasteiger partial charge in [0.1, 0.15) is 11.5 Å². The molecular weight excluding hydrogens is 297 g/mol. The minimum atomic E-state index is -0.513. The highest BCUT2D eigenvalue weighted by atomic mass is 19.1. The molecule has 3 N–H and O–H groups in total. The normalized spacial score (nSPS) is 10.7. The van der Waals surface area contributed by atoms with Gasteiger partial charge in [0.15, 0.2) is 0 Å². The molecule has 0 aliphatic rings. The Morgan fingerprint density at radius 3 is 2.43 bits per heavy atom. The molecule has 1 aromatic heterocycles. The second-order valence-electron chi connectivity index (χ2n) is 5.19. The maximum atomic E-state index is 12.9. The molecule has 3 aromatic rings. The van der Waals surface area contributed by atoms with Gasteiger partial charge in [-0.15, -0.1) is 0 Å². The number of carbonyl (C=O) groups excluding carboxylic acids is 2. The third-order valence-corrected chi connectivity index (χ3v) is 3.66. The lowest BCUT2D eigenvalue weighted by Gasteiger charge is -2.06. The SMILES string of the molecule is Cn1c(C(N)=O)cc2cc(NC(=O)c3ccc(F)cc3)ccc21. The molecule has 0 bridgehead atoms. The lowest BCUT2D eigenvalue weighted by atomic mass is 10.2. The number of rotatable bonds is 3. The van der Waals surface area contributed by atoms with Crippen molar-refractivity contribution in [2.24, 2.45) is 12.8 Å². The quantitative estimate of drug-likeness (QED) is 0.780. The van der Waals surface area contributed by atoms with Gasteiger partial charge in [0.2, 0.25) is 0 Å². The molecule has 0 unspecified atom stereocenters. The van der Waals surface area contributed by atoms with Crippen LogP contribution in [-0.2, 0) is 7.05 Å². The first-order chi connectivity index (χ1) is 11.0. The fourth-order valence-corrected chi connectivity index (χ4v) is 2.47. The molecule has 0 radical (unpaired) electrons. The molecule has 2 aromatic carbocycles. The number of nitrogens with one attached hydrogen (secondary N) is 1. The first-order valence-electron chi connectivity index (χ1n) is 6.92. The highest BCUT2D eigenvalue weighted by Gasteiger charge is 2.12. The van der Waals surface area contributed by atoms with Crippen LogP contribution in [0.4, 0.5) is 10.1 Å². The van der Waals surface area contributed by atoms with Crippen LogP contribution in [-0.4, -0.2) is 16.4 Å². The number of benzene rings is 2. The summed E-state index contributed by atoms with van der Waals surface area (Å²) in [6.45, 7) is 0. The number of carbonyl (C=O) groups is 2. The van der Waals surface area contributed by atoms with E-state index in [1.807, 2.05) is 0 Å². The van der Waals surface area contributed by atoms with Gasteiger partial charge in [0.25, 0.3) is 11.8 Å². The maximum absolute atomic E-state index is 12.9. The Labute approximate surface area is 131 Å². The first kappa shape index (κ1) is 14.8. The molecule has 5 nitrogen and oxygen atoms in total. The van der Waals surface area contributed by atoms with E-state index in [9.17, 15) is 14.0 Å². The Bertz CT molecular complexity index is 913. The first-order valence-corrected chi connectivity index (χ1v) is 6.92. The van der Waals surface area contributed by atoms with Crippen molar-refractivity contribution in [3.63, 3.8) is 0 Å². The van der Waals surface area contributed by atoms with Gasteiger partial charge in [-0.3, -0.25) is 9.59 Å². The maximum Gasteiger partial charge on any atom is 0.265 e. The number of hydrogen-bond acceptors (Lipinski definition) is 2. The van der Waals surface area contributed by atoms with Crippen LogP contribution in [0.5, 0.6) is 0 Å². The topological polar surface area (TPSA) is 77.1 Å². The zero-order valence-corrected chi connectivity index (χ0v) is 12.3. The third kappa shape index (κ3) is 2.78. The number of amides is 2. The number of nitrogens with two attached hydrogens (primary N) is 1. The highest BCUT2D eigenvalue weighted by Crippen LogP contribution is 2.23. The molecular formula is C17H14FN3O2. The molecule has 1 heterocycles. The van der Waals surface area contributed by atoms with E-state index in [1.165, 1.54) is 24.3 Å². The molecule has 23 heavy (non-hydrogen) atoms. The van der Waals surface area contributed by atoms with E-state index in [1.54, 1.807) is 35.9 Å². The summed E-state index contributed by atoms with van der Waals surface area (Å²) < 4.78 is 14.6. The van der Waals surface area contributed by atoms with Crippen molar-refractivity contribution in [2.75, 3.05) is 5.32 Å². The number of nitrogens with zero attached hydrogens (tertiary/aromatic N) is 1. The van der Waals surface area contributed by atoms with Gasteiger partial charge in [-0.1, -0.05) is 0 Å². The van der Waals surface area contributed by atoms with Crippen molar-refractivity contribution < 1.29 is 14.0 Å². The summed E-state index contributed by atoms with van der Waals surface area (Å²) in [5.41, 5.74) is 7.48. The average Bonchev–Trinajstić information content (AvgIpc) is 2.84. The minimum Gasteiger partial charge on any atom is -0.364 e. The van der Waals surface area contributed by atoms with Gasteiger partial charge >= 0.3 is 0 Å². The number of anilines is 1. The van der Waals surface area contributed by atoms with Gasteiger partial charge < -0.3 is 15.6 Å². The van der Waals surface area contributed by atoms with E-state index in [4.69, 9.17) is 5.73 Å². The standard InChI is InChI=1S/C17H14FN3O2/c1-21-14-7-6-13(8-11(14)9-15(21)16(19)22)20-17(23)10-2-4-12(18)5-3-10/h2-9H,1H3,(H2,19,22)(H,20,23). The lowest BCUT2D eigenvalue weighted by Crippen LogP contribution is -2.14. The van der Waals surface area contributed by atoms with E-state index in [-0.39, 0.29) is 5.91 Å². The van der Waals surface area contributed by atoms with E-state index in [0.29, 0.717) is 16.9 Å². The van der Waals surface area contributed by atoms with Gasteiger partial charge in [0, 0.05) is 29.2 Å². The van der Waals surface area contributed by atoms with Crippen LogP contribution < -0.4 is 11.1 Å². The molecule has 0 spiro atoms. The van der Waals surface area contributed by atoms with Crippen LogP contribution in [0.25, 0.3) is 10.9 Å². The number of aryl methyl sites for hydroxylation is 1. The Kier molecular flexibility index (Phi) is 3.57. The summed E-state index contributed by atoms with van der Waals surface area (Å²) in [7, 11) is 1.75. The molecule has 0 aliphatic heterocycles. The molecule has 6 heteroatoms. The van der Waals surface area contributed by atoms with E-state index < -0.39 is 11.7 Å². The number of fused-ring (bicyclic) bond motifs is 1. The Morgan fingerprint density at radius 2 is 1.78 bits per heavy atom. The molecule has 0 fully saturated rings. The number of primary amides is 1. The van der Waals surface area contributed by atoms with E-state index in [0.717, 1.165) is 10.9 Å². The zero-order valence-electron chi connectivity index (χ0n) is 12.3. The van der Waals surface area contributed by atoms with Crippen LogP contribution >= 0.6 is 0 Å². The van der Waals surface area contributed by atoms with Crippen molar-refractivity contribution >= 4 is 28.4 Å². The molecule has 0 atom stereocenters. The van der Waals surface area contributed by atoms with Crippen LogP contribution in [0.2, 0.25) is 0 Å². The van der Waals surface area contributed by atoms with Crippen molar-refractivity contribution in [1.29, 1.82) is 0 Å². The van der Waals surface area contributed by atoms with Crippen LogP contribution in [0.3, 0.4) is 0 Å². The minimum absolute atomic E-state index is 0.338. The van der Waals surface area contributed by atoms with Gasteiger partial charge in [-0.05, 0) is 48.5 Å². The number of hydrogen-bond donors (Lipinski definition) is 2. The van der Waals surface area contributed by atoms with Crippen LogP contribution in [0.1, 0.15) is 20.8 Å². The van der Waals surface area contributed by atoms with Crippen LogP contribution in [0, 0.1) is 5.82 Å². The molecule has 2 amide bonds. The summed E-state index contributed by atoms with van der Waals surface area (Å²) in [6.07, 6.45) is 0. The van der Waals surface area contributed by atoms with Crippen LogP contribution in [0.15, 0.2) is 48.5 Å². The van der Waals surface area contributed by atoms with Gasteiger partial charge in [-0.2, -0.15) is 0 Å². The van der Waals surface area contributed by atoms with Crippen molar-refractivity contribution in [3.05, 3.63) is 65.6 Å². The van der Waals surface area contributed by atoms with Crippen molar-refractivity contribution in [1.82, 2.24) is 4.57 Å². The second kappa shape index (κ2) is 5.57. The Morgan fingerprint density at radius 1 is 1.09 bits per heavy atom. The average molecular weight is 311 g/mol. The zero-order chi connectivity index (χ0) is 16.6. The van der Waals surface area contributed by atoms with Crippen molar-refractivity contribution in [3.8, 4) is 0 Å². The summed E-state index contributed by atoms with van der Waals surface area (Å²) in [5, 5.41) is 3.53. The monoisotopic (exact) mass is 311 g/mol. The van der Waals surface area contributed by atoms with Crippen molar-refractivity contribution in [2.45, 2.75) is 0 Å². The summed E-state index contributed by atoms with van der Waals surface area (Å²) in [5.74, 6) is -1.25. The number of aromatic nitrogens is 1. The Hall–Kier alpha value is -3.15. The molecule has 0 saturated heterocycles. The van der Waals surface area contributed by atoms with Gasteiger partial charge in [0.05, 0.1) is 0 Å². The molecule has 116 valence electrons. The predicted octanol–water partition coefficient (Wildman–Crippen LogP) is 2.67. The summed E-state index contributed by atoms with van der Waals surface area (Å²) >= 11 is 0. The third-order valence-electron chi connectivity index (χ3n) is 3.66.